The van der Waals surface area contributed by atoms with Gasteiger partial charge in [0.2, 0.25) is 27.4 Å². The number of esters is 1. The molecule has 2 aliphatic rings. The number of nitrogens with zero attached hydrogens (tertiary/aromatic N) is 4. The summed E-state index contributed by atoms with van der Waals surface area (Å²) in [5.41, 5.74) is 8.74. The molecule has 29 heteroatoms. The molecule has 0 radical (unpaired) electrons. The first-order chi connectivity index (χ1) is 40.7. The van der Waals surface area contributed by atoms with E-state index in [0.717, 1.165) is 0 Å². The Labute approximate surface area is 486 Å². The molecule has 0 aliphatic carbocycles. The van der Waals surface area contributed by atoms with Crippen molar-refractivity contribution in [2.75, 3.05) is 172 Å². The van der Waals surface area contributed by atoms with Crippen LogP contribution in [-0.4, -0.2) is 218 Å². The summed E-state index contributed by atoms with van der Waals surface area (Å²) in [6, 6.07) is 8.31. The summed E-state index contributed by atoms with van der Waals surface area (Å²) in [5.74, 6) is -9.73. The molecule has 3 N–H and O–H groups in total. The number of aliphatic imine (C=N–C) groups is 1. The Kier molecular flexibility index (Phi) is 32.0. The number of halogens is 4. The lowest BCUT2D eigenvalue weighted by atomic mass is 10.0. The zero-order valence-corrected chi connectivity index (χ0v) is 48.2. The number of carbonyl (C=O) groups excluding carboxylic acids is 3. The Morgan fingerprint density at radius 3 is 1.68 bits per heavy atom. The second-order valence-corrected chi connectivity index (χ2v) is 20.2. The molecule has 0 spiro atoms. The normalized spacial score (nSPS) is 13.6. The average molecular weight is 1220 g/mol. The minimum atomic E-state index is -3.83. The molecular formula is C55H76F4N6O18S. The van der Waals surface area contributed by atoms with Gasteiger partial charge in [-0.05, 0) is 43.2 Å². The molecule has 5 rings (SSSR count). The summed E-state index contributed by atoms with van der Waals surface area (Å²) < 4.78 is 146. The molecule has 1 fully saturated rings. The maximum absolute atomic E-state index is 13.6. The van der Waals surface area contributed by atoms with Gasteiger partial charge in [0, 0.05) is 61.9 Å². The highest BCUT2D eigenvalue weighted by atomic mass is 32.2. The van der Waals surface area contributed by atoms with Crippen LogP contribution in [0.4, 0.5) is 28.0 Å². The molecule has 24 nitrogen and oxygen atoms in total. The number of aromatic nitrogens is 1. The smallest absolute Gasteiger partial charge is 0.407 e. The maximum Gasteiger partial charge on any atom is 0.407 e. The first-order valence-electron chi connectivity index (χ1n) is 27.5. The van der Waals surface area contributed by atoms with Crippen molar-refractivity contribution in [2.45, 2.75) is 38.0 Å². The number of nitrogens with two attached hydrogens (primary N) is 1. The molecule has 2 aliphatic heterocycles. The molecule has 0 bridgehead atoms. The van der Waals surface area contributed by atoms with E-state index >= 15 is 0 Å². The number of pyridine rings is 1. The second kappa shape index (κ2) is 39.0. The van der Waals surface area contributed by atoms with E-state index in [2.05, 4.69) is 20.0 Å². The highest BCUT2D eigenvalue weighted by molar-refractivity contribution is 7.89. The van der Waals surface area contributed by atoms with Crippen molar-refractivity contribution in [1.82, 2.24) is 19.7 Å². The zero-order chi connectivity index (χ0) is 60.4. The van der Waals surface area contributed by atoms with Crippen LogP contribution in [0.15, 0.2) is 58.1 Å². The number of hydrogen-bond donors (Lipinski definition) is 2. The van der Waals surface area contributed by atoms with E-state index in [1.807, 2.05) is 6.92 Å². The van der Waals surface area contributed by atoms with E-state index in [1.165, 1.54) is 15.4 Å². The fourth-order valence-corrected chi connectivity index (χ4v) is 9.30. The lowest BCUT2D eigenvalue weighted by Gasteiger charge is -2.38. The van der Waals surface area contributed by atoms with E-state index in [1.54, 1.807) is 43.5 Å². The second-order valence-electron chi connectivity index (χ2n) is 18.3. The van der Waals surface area contributed by atoms with Gasteiger partial charge in [-0.2, -0.15) is 13.1 Å². The van der Waals surface area contributed by atoms with E-state index in [4.69, 9.17) is 62.7 Å². The molecule has 1 saturated heterocycles. The molecule has 84 heavy (non-hydrogen) atoms. The van der Waals surface area contributed by atoms with Crippen molar-refractivity contribution in [3.63, 3.8) is 0 Å². The van der Waals surface area contributed by atoms with Crippen molar-refractivity contribution in [3.8, 4) is 16.9 Å². The van der Waals surface area contributed by atoms with Gasteiger partial charge in [0.05, 0.1) is 161 Å². The molecule has 0 unspecified atom stereocenters. The first kappa shape index (κ1) is 69.0. The fourth-order valence-electron chi connectivity index (χ4n) is 7.66. The molecular weight excluding hydrogens is 1140 g/mol. The topological polar surface area (TPSA) is 275 Å². The van der Waals surface area contributed by atoms with Crippen LogP contribution in [0.3, 0.4) is 0 Å². The number of hydrogen-bond acceptors (Lipinski definition) is 21. The Morgan fingerprint density at radius 1 is 0.679 bits per heavy atom. The predicted molar refractivity (Wildman–Crippen MR) is 293 cm³/mol. The van der Waals surface area contributed by atoms with Crippen molar-refractivity contribution in [2.24, 2.45) is 16.6 Å². The first-order valence-corrected chi connectivity index (χ1v) is 29.0. The van der Waals surface area contributed by atoms with Gasteiger partial charge < -0.3 is 67.9 Å². The number of ether oxygens (including phenoxy) is 12. The predicted octanol–water partition coefficient (Wildman–Crippen LogP) is 4.78. The minimum Gasteiger partial charge on any atom is -0.447 e. The van der Waals surface area contributed by atoms with Crippen LogP contribution in [0.1, 0.15) is 38.8 Å². The third-order valence-electron chi connectivity index (χ3n) is 11.9. The maximum atomic E-state index is 13.6. The average Bonchev–Trinajstić information content (AvgIpc) is 2.11. The monoisotopic (exact) mass is 1220 g/mol. The van der Waals surface area contributed by atoms with Gasteiger partial charge >= 0.3 is 12.1 Å². The molecule has 1 aromatic heterocycles. The van der Waals surface area contributed by atoms with Crippen LogP contribution >= 0.6 is 0 Å². The Balaban J connectivity index is 0.749. The molecule has 2 amide bonds. The van der Waals surface area contributed by atoms with Crippen molar-refractivity contribution in [1.29, 1.82) is 0 Å². The standard InChI is InChI=1S/C55H76F4N6O18S/c1-3-9-65(82-4-2)54(67)42-32-47-48(63-49(60)34-42)33-43(37-61-47)41-6-5-7-44(31-41)84(69,70)64-38-40(39-64)36-62-55(68)81-30-29-80-28-27-79-26-25-78-24-23-77-22-21-76-20-19-75-18-17-74-16-15-73-14-13-72-12-11-71-10-8-50(66)83-53-51(58)45(56)35-46(57)52(53)59/h5-7,31-33,35,37,40H,3-4,8-30,34,36,38-39H2,1-2H3,(H2,60,63)(H,62,68). The summed E-state index contributed by atoms with van der Waals surface area (Å²) in [6.07, 6.45) is 3.04. The highest BCUT2D eigenvalue weighted by Gasteiger charge is 2.37. The Hall–Kier alpha value is -5.80. The van der Waals surface area contributed by atoms with Crippen molar-refractivity contribution >= 4 is 45.6 Å². The van der Waals surface area contributed by atoms with Crippen LogP contribution < -0.4 is 15.8 Å². The van der Waals surface area contributed by atoms with Crippen LogP contribution in [0.2, 0.25) is 0 Å². The Bertz CT molecular complexity index is 2640. The summed E-state index contributed by atoms with van der Waals surface area (Å²) in [5, 5.41) is 4.00. The number of amidine groups is 1. The van der Waals surface area contributed by atoms with Crippen LogP contribution in [0.25, 0.3) is 17.2 Å². The van der Waals surface area contributed by atoms with Crippen LogP contribution in [0.5, 0.6) is 5.75 Å². The van der Waals surface area contributed by atoms with E-state index in [9.17, 15) is 40.4 Å². The largest absolute Gasteiger partial charge is 0.447 e. The summed E-state index contributed by atoms with van der Waals surface area (Å²) in [6.45, 7) is 11.3. The summed E-state index contributed by atoms with van der Waals surface area (Å²) in [7, 11) is -3.83. The molecule has 0 atom stereocenters. The molecule has 3 aromatic rings. The lowest BCUT2D eigenvalue weighted by molar-refractivity contribution is -0.180. The highest BCUT2D eigenvalue weighted by Crippen LogP contribution is 2.33. The van der Waals surface area contributed by atoms with Gasteiger partial charge in [0.15, 0.2) is 11.6 Å². The molecule has 468 valence electrons. The Morgan fingerprint density at radius 2 is 1.18 bits per heavy atom. The lowest BCUT2D eigenvalue weighted by Crippen LogP contribution is -2.53. The van der Waals surface area contributed by atoms with Crippen LogP contribution in [-0.2, 0) is 76.6 Å². The van der Waals surface area contributed by atoms with E-state index in [-0.39, 0.29) is 94.3 Å². The third-order valence-corrected chi connectivity index (χ3v) is 13.7. The summed E-state index contributed by atoms with van der Waals surface area (Å²) >= 11 is 0. The minimum absolute atomic E-state index is 0.0106. The molecule has 0 saturated carbocycles. The van der Waals surface area contributed by atoms with Gasteiger partial charge in [-0.3, -0.25) is 19.4 Å². The summed E-state index contributed by atoms with van der Waals surface area (Å²) in [4.78, 5) is 52.0. The molecule has 3 heterocycles. The van der Waals surface area contributed by atoms with Crippen molar-refractivity contribution < 1.29 is 102 Å². The quantitative estimate of drug-likeness (QED) is 0.0192. The SMILES string of the molecule is CCCN(OCC)C(=O)C1=Cc2ncc(-c3cccc(S(=O)(=O)N4CC(CNC(=O)OCCOCCOCCOCCOCCOCCOCCOCCOCCOCCOCCC(=O)Oc5c(F)c(F)cc(F)c5F)C4)c3)cc2N=C(N)C1. The number of rotatable bonds is 44. The number of nitrogens with one attached hydrogen (secondary N) is 1. The van der Waals surface area contributed by atoms with Gasteiger partial charge in [0.1, 0.15) is 12.4 Å². The fraction of sp³-hybridized carbons (Fsp3) is 0.582. The number of amides is 2. The van der Waals surface area contributed by atoms with E-state index < -0.39 is 57.5 Å². The van der Waals surface area contributed by atoms with E-state index in [0.29, 0.717) is 147 Å². The number of sulfonamides is 1. The number of alkyl carbamates (subject to hydrolysis) is 1. The third kappa shape index (κ3) is 24.7. The number of carbonyl (C=O) groups is 3. The van der Waals surface area contributed by atoms with Gasteiger partial charge in [0.25, 0.3) is 5.91 Å². The number of benzene rings is 2. The number of hydroxylamine groups is 2. The number of fused-ring (bicyclic) bond motifs is 1. The molecule has 2 aromatic carbocycles. The van der Waals surface area contributed by atoms with Gasteiger partial charge in [-0.25, -0.2) is 32.0 Å². The van der Waals surface area contributed by atoms with Gasteiger partial charge in [-0.1, -0.05) is 19.1 Å². The van der Waals surface area contributed by atoms with Crippen LogP contribution in [0, 0.1) is 29.2 Å². The van der Waals surface area contributed by atoms with Crippen molar-refractivity contribution in [3.05, 3.63) is 77.1 Å². The van der Waals surface area contributed by atoms with Gasteiger partial charge in [-0.15, -0.1) is 0 Å². The zero-order valence-electron chi connectivity index (χ0n) is 47.3.